The second-order valence-electron chi connectivity index (χ2n) is 9.69. The van der Waals surface area contributed by atoms with Crippen LogP contribution < -0.4 is 10.1 Å². The van der Waals surface area contributed by atoms with E-state index in [9.17, 15) is 15.0 Å². The van der Waals surface area contributed by atoms with Crippen LogP contribution in [-0.4, -0.2) is 44.4 Å². The first-order valence-electron chi connectivity index (χ1n) is 12.3. The zero-order valence-electron chi connectivity index (χ0n) is 21.6. The van der Waals surface area contributed by atoms with Gasteiger partial charge in [-0.25, -0.2) is 4.98 Å². The van der Waals surface area contributed by atoms with Gasteiger partial charge in [-0.15, -0.1) is 0 Å². The Morgan fingerprint density at radius 3 is 2.42 bits per heavy atom. The number of rotatable bonds is 11. The highest BCUT2D eigenvalue weighted by atomic mass is 35.5. The zero-order chi connectivity index (χ0) is 26.5. The molecule has 0 aliphatic heterocycles. The normalized spacial score (nSPS) is 12.6. The van der Waals surface area contributed by atoms with Crippen molar-refractivity contribution in [2.24, 2.45) is 0 Å². The number of aromatic nitrogens is 2. The fraction of sp³-hybridized carbons (Fsp3) is 0.429. The number of imidazole rings is 1. The van der Waals surface area contributed by atoms with E-state index < -0.39 is 5.60 Å². The monoisotopic (exact) mass is 513 g/mol. The topological polar surface area (TPSA) is 96.6 Å². The molecule has 0 aliphatic rings. The fourth-order valence-electron chi connectivity index (χ4n) is 4.02. The summed E-state index contributed by atoms with van der Waals surface area (Å²) in [6, 6.07) is 12.7. The molecule has 8 heteroatoms. The summed E-state index contributed by atoms with van der Waals surface area (Å²) in [6.07, 6.45) is 2.91. The van der Waals surface area contributed by atoms with Crippen LogP contribution in [0, 0.1) is 0 Å². The van der Waals surface area contributed by atoms with Crippen LogP contribution in [0.15, 0.2) is 48.7 Å². The van der Waals surface area contributed by atoms with Crippen molar-refractivity contribution in [3.63, 3.8) is 0 Å². The van der Waals surface area contributed by atoms with E-state index in [4.69, 9.17) is 16.3 Å². The summed E-state index contributed by atoms with van der Waals surface area (Å²) in [4.78, 5) is 17.5. The number of nitrogens with one attached hydrogen (secondary N) is 1. The van der Waals surface area contributed by atoms with E-state index in [0.717, 1.165) is 16.8 Å². The number of carbonyl (C=O) groups is 1. The van der Waals surface area contributed by atoms with E-state index in [1.54, 1.807) is 32.0 Å². The number of halogens is 1. The molecule has 1 aromatic heterocycles. The van der Waals surface area contributed by atoms with Gasteiger partial charge in [-0.05, 0) is 71.2 Å². The Balaban J connectivity index is 1.71. The number of hydrogen-bond acceptors (Lipinski definition) is 5. The number of aliphatic hydroxyl groups is 2. The Kier molecular flexibility index (Phi) is 9.17. The number of aryl methyl sites for hydroxylation is 1. The van der Waals surface area contributed by atoms with Crippen molar-refractivity contribution in [3.8, 4) is 17.0 Å². The number of nitrogens with zero attached hydrogens (tertiary/aromatic N) is 2. The van der Waals surface area contributed by atoms with Gasteiger partial charge in [-0.3, -0.25) is 4.79 Å². The van der Waals surface area contributed by atoms with Crippen LogP contribution in [0.5, 0.6) is 5.75 Å². The first kappa shape index (κ1) is 27.7. The molecule has 1 amide bonds. The number of ether oxygens (including phenoxy) is 1. The van der Waals surface area contributed by atoms with E-state index in [2.05, 4.69) is 10.3 Å². The van der Waals surface area contributed by atoms with Crippen molar-refractivity contribution in [1.29, 1.82) is 0 Å². The van der Waals surface area contributed by atoms with Gasteiger partial charge in [-0.2, -0.15) is 0 Å². The van der Waals surface area contributed by atoms with Crippen molar-refractivity contribution >= 4 is 17.5 Å². The minimum Gasteiger partial charge on any atom is -0.489 e. The lowest BCUT2D eigenvalue weighted by Gasteiger charge is -2.19. The molecule has 0 saturated heterocycles. The highest BCUT2D eigenvalue weighted by Gasteiger charge is 2.23. The second kappa shape index (κ2) is 11.9. The molecule has 0 saturated carbocycles. The summed E-state index contributed by atoms with van der Waals surface area (Å²) in [5, 5.41) is 23.4. The maximum Gasteiger partial charge on any atom is 0.251 e. The molecule has 0 spiro atoms. The summed E-state index contributed by atoms with van der Waals surface area (Å²) in [7, 11) is 0. The average molecular weight is 514 g/mol. The van der Waals surface area contributed by atoms with Crippen molar-refractivity contribution in [2.75, 3.05) is 6.61 Å². The Bertz CT molecular complexity index is 1170. The van der Waals surface area contributed by atoms with Crippen LogP contribution in [-0.2, 0) is 18.6 Å². The maximum atomic E-state index is 12.9. The number of aliphatic hydroxyl groups excluding tert-OH is 1. The molecular formula is C28H36ClN3O4. The van der Waals surface area contributed by atoms with Crippen LogP contribution in [0.25, 0.3) is 11.3 Å². The minimum absolute atomic E-state index is 0.0200. The minimum atomic E-state index is -1.03. The number of benzene rings is 2. The molecule has 36 heavy (non-hydrogen) atoms. The second-order valence-corrected chi connectivity index (χ2v) is 10.1. The first-order valence-corrected chi connectivity index (χ1v) is 12.7. The van der Waals surface area contributed by atoms with Crippen LogP contribution in [0.4, 0.5) is 0 Å². The van der Waals surface area contributed by atoms with Gasteiger partial charge in [0.2, 0.25) is 0 Å². The van der Waals surface area contributed by atoms with Crippen LogP contribution in [0.1, 0.15) is 62.8 Å². The molecule has 2 aromatic carbocycles. The van der Waals surface area contributed by atoms with Gasteiger partial charge in [0.05, 0.1) is 16.8 Å². The van der Waals surface area contributed by atoms with Gasteiger partial charge in [-0.1, -0.05) is 35.9 Å². The predicted molar refractivity (Wildman–Crippen MR) is 142 cm³/mol. The lowest BCUT2D eigenvalue weighted by Crippen LogP contribution is -2.37. The summed E-state index contributed by atoms with van der Waals surface area (Å²) in [6.45, 7) is 9.96. The molecule has 3 aromatic rings. The Morgan fingerprint density at radius 1 is 1.19 bits per heavy atom. The van der Waals surface area contributed by atoms with Crippen LogP contribution in [0.3, 0.4) is 0 Å². The summed E-state index contributed by atoms with van der Waals surface area (Å²) >= 11 is 6.29. The fourth-order valence-corrected chi connectivity index (χ4v) is 4.25. The molecule has 194 valence electrons. The smallest absolute Gasteiger partial charge is 0.251 e. The highest BCUT2D eigenvalue weighted by Crippen LogP contribution is 2.27. The third kappa shape index (κ3) is 7.09. The van der Waals surface area contributed by atoms with E-state index in [1.165, 1.54) is 0 Å². The van der Waals surface area contributed by atoms with E-state index in [0.29, 0.717) is 41.5 Å². The highest BCUT2D eigenvalue weighted by molar-refractivity contribution is 6.32. The quantitative estimate of drug-likeness (QED) is 0.336. The molecule has 1 unspecified atom stereocenters. The molecule has 3 rings (SSSR count). The van der Waals surface area contributed by atoms with E-state index >= 15 is 0 Å². The molecule has 1 heterocycles. The van der Waals surface area contributed by atoms with Crippen molar-refractivity contribution < 1.29 is 19.7 Å². The zero-order valence-corrected chi connectivity index (χ0v) is 22.3. The first-order chi connectivity index (χ1) is 17.0. The van der Waals surface area contributed by atoms with E-state index in [-0.39, 0.29) is 24.7 Å². The van der Waals surface area contributed by atoms with Gasteiger partial charge in [0.25, 0.3) is 5.91 Å². The Hall–Kier alpha value is -2.87. The SMILES string of the molecule is CCn1cc(-c2ccc(CC(CCO)NC(=O)c3ccc(OC(C)C)c(Cl)c3)cc2)nc1C(C)(C)O. The molecule has 0 fully saturated rings. The Morgan fingerprint density at radius 2 is 1.89 bits per heavy atom. The van der Waals surface area contributed by atoms with Gasteiger partial charge in [0, 0.05) is 36.5 Å². The van der Waals surface area contributed by atoms with Crippen molar-refractivity contribution in [3.05, 3.63) is 70.6 Å². The third-order valence-electron chi connectivity index (χ3n) is 5.77. The van der Waals surface area contributed by atoms with E-state index in [1.807, 2.05) is 55.8 Å². The lowest BCUT2D eigenvalue weighted by molar-refractivity contribution is 0.0649. The number of carbonyl (C=O) groups excluding carboxylic acids is 1. The molecule has 0 aliphatic carbocycles. The lowest BCUT2D eigenvalue weighted by atomic mass is 10.0. The van der Waals surface area contributed by atoms with Gasteiger partial charge in [0.1, 0.15) is 17.2 Å². The van der Waals surface area contributed by atoms with Crippen molar-refractivity contribution in [2.45, 2.75) is 71.8 Å². The largest absolute Gasteiger partial charge is 0.489 e. The van der Waals surface area contributed by atoms with Gasteiger partial charge in [0.15, 0.2) is 0 Å². The van der Waals surface area contributed by atoms with Gasteiger partial charge < -0.3 is 24.8 Å². The summed E-state index contributed by atoms with van der Waals surface area (Å²) in [5.74, 6) is 0.902. The molecule has 0 radical (unpaired) electrons. The number of hydrogen-bond donors (Lipinski definition) is 3. The molecule has 7 nitrogen and oxygen atoms in total. The summed E-state index contributed by atoms with van der Waals surface area (Å²) in [5.41, 5.74) is 2.16. The molecular weight excluding hydrogens is 478 g/mol. The van der Waals surface area contributed by atoms with Crippen molar-refractivity contribution in [1.82, 2.24) is 14.9 Å². The van der Waals surface area contributed by atoms with Crippen LogP contribution >= 0.6 is 11.6 Å². The van der Waals surface area contributed by atoms with Gasteiger partial charge >= 0.3 is 0 Å². The Labute approximate surface area is 218 Å². The molecule has 3 N–H and O–H groups in total. The summed E-state index contributed by atoms with van der Waals surface area (Å²) < 4.78 is 7.58. The molecule has 0 bridgehead atoms. The standard InChI is InChI=1S/C28H36ClN3O4/c1-6-32-17-24(31-27(32)28(4,5)35)20-9-7-19(8-10-20)15-22(13-14-33)30-26(34)21-11-12-25(23(29)16-21)36-18(2)3/h7-12,16-18,22,33,35H,6,13-15H2,1-5H3,(H,30,34). The third-order valence-corrected chi connectivity index (χ3v) is 6.06. The van der Waals surface area contributed by atoms with Crippen LogP contribution in [0.2, 0.25) is 5.02 Å². The predicted octanol–water partition coefficient (Wildman–Crippen LogP) is 4.96. The maximum absolute atomic E-state index is 12.9. The number of amides is 1. The average Bonchev–Trinajstić information content (AvgIpc) is 3.26. The molecule has 1 atom stereocenters.